The second-order valence-electron chi connectivity index (χ2n) is 5.93. The second kappa shape index (κ2) is 6.73. The van der Waals surface area contributed by atoms with Crippen LogP contribution in [0.25, 0.3) is 0 Å². The van der Waals surface area contributed by atoms with Crippen molar-refractivity contribution in [2.75, 3.05) is 24.1 Å². The zero-order valence-electron chi connectivity index (χ0n) is 13.3. The number of nitrogens with zero attached hydrogens (tertiary/aromatic N) is 2. The van der Waals surface area contributed by atoms with Gasteiger partial charge >= 0.3 is 0 Å². The number of nitrogen functional groups attached to an aromatic ring is 1. The minimum absolute atomic E-state index is 0.0612. The van der Waals surface area contributed by atoms with Crippen molar-refractivity contribution in [3.63, 3.8) is 0 Å². The normalized spacial score (nSPS) is 18.5. The third-order valence-corrected chi connectivity index (χ3v) is 4.26. The van der Waals surface area contributed by atoms with Crippen LogP contribution in [0.5, 0.6) is 0 Å². The van der Waals surface area contributed by atoms with E-state index in [2.05, 4.69) is 10.3 Å². The van der Waals surface area contributed by atoms with E-state index in [4.69, 9.17) is 10.2 Å². The van der Waals surface area contributed by atoms with Gasteiger partial charge in [-0.2, -0.15) is 0 Å². The molecule has 1 aliphatic rings. The molecule has 0 bridgehead atoms. The van der Waals surface area contributed by atoms with Crippen molar-refractivity contribution in [2.24, 2.45) is 0 Å². The molecule has 1 fully saturated rings. The van der Waals surface area contributed by atoms with E-state index in [1.165, 1.54) is 0 Å². The highest BCUT2D eigenvalue weighted by molar-refractivity contribution is 5.95. The molecule has 1 unspecified atom stereocenters. The second-order valence-corrected chi connectivity index (χ2v) is 5.93. The van der Waals surface area contributed by atoms with Crippen molar-refractivity contribution in [3.8, 4) is 0 Å². The molecule has 3 heterocycles. The number of pyridine rings is 1. The summed E-state index contributed by atoms with van der Waals surface area (Å²) in [6, 6.07) is 5.81. The van der Waals surface area contributed by atoms with Gasteiger partial charge in [-0.3, -0.25) is 4.79 Å². The molecule has 3 rings (SSSR count). The fourth-order valence-corrected chi connectivity index (χ4v) is 2.95. The smallest absolute Gasteiger partial charge is 0.257 e. The van der Waals surface area contributed by atoms with Gasteiger partial charge in [-0.25, -0.2) is 4.98 Å². The maximum absolute atomic E-state index is 12.6. The summed E-state index contributed by atoms with van der Waals surface area (Å²) >= 11 is 0. The Morgan fingerprint density at radius 2 is 2.22 bits per heavy atom. The Morgan fingerprint density at radius 1 is 1.35 bits per heavy atom. The van der Waals surface area contributed by atoms with Gasteiger partial charge in [0.2, 0.25) is 0 Å². The molecule has 0 aliphatic carbocycles. The van der Waals surface area contributed by atoms with E-state index < -0.39 is 0 Å². The molecule has 1 saturated heterocycles. The number of hydrogen-bond donors (Lipinski definition) is 2. The predicted octanol–water partition coefficient (Wildman–Crippen LogP) is 2.67. The fourth-order valence-electron chi connectivity index (χ4n) is 2.95. The van der Waals surface area contributed by atoms with E-state index in [0.717, 1.165) is 38.0 Å². The number of carbonyl (C=O) groups is 1. The van der Waals surface area contributed by atoms with Crippen LogP contribution in [0.3, 0.4) is 0 Å². The van der Waals surface area contributed by atoms with Crippen LogP contribution in [0.15, 0.2) is 35.1 Å². The summed E-state index contributed by atoms with van der Waals surface area (Å²) in [6.07, 6.45) is 6.23. The number of rotatable bonds is 3. The summed E-state index contributed by atoms with van der Waals surface area (Å²) in [5.74, 6) is 1.26. The molecule has 3 N–H and O–H groups in total. The van der Waals surface area contributed by atoms with Gasteiger partial charge in [0, 0.05) is 19.1 Å². The van der Waals surface area contributed by atoms with E-state index in [0.29, 0.717) is 23.2 Å². The quantitative estimate of drug-likeness (QED) is 0.910. The molecular formula is C17H22N4O2. The molecule has 0 saturated carbocycles. The van der Waals surface area contributed by atoms with Gasteiger partial charge in [0.1, 0.15) is 11.6 Å². The van der Waals surface area contributed by atoms with Crippen LogP contribution >= 0.6 is 0 Å². The summed E-state index contributed by atoms with van der Waals surface area (Å²) in [7, 11) is 0. The van der Waals surface area contributed by atoms with Crippen molar-refractivity contribution in [1.29, 1.82) is 0 Å². The molecule has 23 heavy (non-hydrogen) atoms. The zero-order valence-corrected chi connectivity index (χ0v) is 13.3. The minimum atomic E-state index is 0.0612. The van der Waals surface area contributed by atoms with Crippen LogP contribution in [0, 0.1) is 6.92 Å². The monoisotopic (exact) mass is 314 g/mol. The first-order valence-corrected chi connectivity index (χ1v) is 7.95. The van der Waals surface area contributed by atoms with E-state index in [1.54, 1.807) is 24.6 Å². The number of likely N-dealkylation sites (tertiary alicyclic amines) is 1. The number of furan rings is 1. The molecule has 0 spiro atoms. The van der Waals surface area contributed by atoms with Crippen LogP contribution in [0.1, 0.15) is 35.4 Å². The Hall–Kier alpha value is -2.50. The van der Waals surface area contributed by atoms with Crippen molar-refractivity contribution >= 4 is 17.4 Å². The molecule has 122 valence electrons. The van der Waals surface area contributed by atoms with Gasteiger partial charge in [0.05, 0.1) is 23.7 Å². The SMILES string of the molecule is Cc1occc1C(=O)N1CCCC(Nc2ccc(N)nc2)CC1. The van der Waals surface area contributed by atoms with Gasteiger partial charge in [-0.05, 0) is 44.4 Å². The average Bonchev–Trinajstić information content (AvgIpc) is 2.84. The van der Waals surface area contributed by atoms with Crippen LogP contribution in [-0.4, -0.2) is 34.9 Å². The molecular weight excluding hydrogens is 292 g/mol. The minimum Gasteiger partial charge on any atom is -0.469 e. The molecule has 6 heteroatoms. The zero-order chi connectivity index (χ0) is 16.2. The Labute approximate surface area is 135 Å². The molecule has 6 nitrogen and oxygen atoms in total. The van der Waals surface area contributed by atoms with Crippen molar-refractivity contribution in [1.82, 2.24) is 9.88 Å². The molecule has 2 aromatic heterocycles. The Bertz CT molecular complexity index is 665. The lowest BCUT2D eigenvalue weighted by Crippen LogP contribution is -2.32. The summed E-state index contributed by atoms with van der Waals surface area (Å²) in [5.41, 5.74) is 7.24. The lowest BCUT2D eigenvalue weighted by Gasteiger charge is -2.21. The van der Waals surface area contributed by atoms with Crippen LogP contribution < -0.4 is 11.1 Å². The maximum atomic E-state index is 12.6. The van der Waals surface area contributed by atoms with E-state index in [9.17, 15) is 4.79 Å². The first-order chi connectivity index (χ1) is 11.1. The van der Waals surface area contributed by atoms with Crippen LogP contribution in [0.2, 0.25) is 0 Å². The number of aromatic nitrogens is 1. The van der Waals surface area contributed by atoms with Gasteiger partial charge in [0.15, 0.2) is 0 Å². The van der Waals surface area contributed by atoms with Crippen LogP contribution in [0.4, 0.5) is 11.5 Å². The lowest BCUT2D eigenvalue weighted by atomic mass is 10.1. The summed E-state index contributed by atoms with van der Waals surface area (Å²) in [6.45, 7) is 3.34. The average molecular weight is 314 g/mol. The first kappa shape index (κ1) is 15.4. The third-order valence-electron chi connectivity index (χ3n) is 4.26. The Balaban J connectivity index is 1.60. The first-order valence-electron chi connectivity index (χ1n) is 7.95. The van der Waals surface area contributed by atoms with E-state index >= 15 is 0 Å². The number of amides is 1. The summed E-state index contributed by atoms with van der Waals surface area (Å²) in [4.78, 5) is 18.6. The highest BCUT2D eigenvalue weighted by Crippen LogP contribution is 2.19. The highest BCUT2D eigenvalue weighted by Gasteiger charge is 2.23. The number of carbonyl (C=O) groups excluding carboxylic acids is 1. The van der Waals surface area contributed by atoms with Crippen LogP contribution in [-0.2, 0) is 0 Å². The number of aryl methyl sites for hydroxylation is 1. The van der Waals surface area contributed by atoms with Gasteiger partial charge in [-0.1, -0.05) is 0 Å². The number of nitrogens with two attached hydrogens (primary N) is 1. The largest absolute Gasteiger partial charge is 0.469 e. The lowest BCUT2D eigenvalue weighted by molar-refractivity contribution is 0.0759. The van der Waals surface area contributed by atoms with E-state index in [-0.39, 0.29) is 5.91 Å². The summed E-state index contributed by atoms with van der Waals surface area (Å²) in [5, 5.41) is 3.48. The molecule has 0 aromatic carbocycles. The molecule has 1 aliphatic heterocycles. The van der Waals surface area contributed by atoms with Crippen molar-refractivity contribution in [3.05, 3.63) is 42.0 Å². The maximum Gasteiger partial charge on any atom is 0.257 e. The number of hydrogen-bond acceptors (Lipinski definition) is 5. The third kappa shape index (κ3) is 3.64. The standard InChI is InChI=1S/C17H22N4O2/c1-12-15(7-10-23-12)17(22)21-8-2-3-13(6-9-21)20-14-4-5-16(18)19-11-14/h4-5,7,10-11,13,20H,2-3,6,8-9H2,1H3,(H2,18,19). The van der Waals surface area contributed by atoms with Gasteiger partial charge < -0.3 is 20.4 Å². The molecule has 1 amide bonds. The van der Waals surface area contributed by atoms with Gasteiger partial charge in [0.25, 0.3) is 5.91 Å². The van der Waals surface area contributed by atoms with E-state index in [1.807, 2.05) is 17.9 Å². The molecule has 1 atom stereocenters. The molecule has 0 radical (unpaired) electrons. The molecule has 2 aromatic rings. The Morgan fingerprint density at radius 3 is 2.91 bits per heavy atom. The van der Waals surface area contributed by atoms with Crippen molar-refractivity contribution < 1.29 is 9.21 Å². The number of anilines is 2. The Kier molecular flexibility index (Phi) is 4.50. The van der Waals surface area contributed by atoms with Gasteiger partial charge in [-0.15, -0.1) is 0 Å². The summed E-state index contributed by atoms with van der Waals surface area (Å²) < 4.78 is 5.24. The number of nitrogens with one attached hydrogen (secondary N) is 1. The predicted molar refractivity (Wildman–Crippen MR) is 89.3 cm³/mol. The highest BCUT2D eigenvalue weighted by atomic mass is 16.3. The fraction of sp³-hybridized carbons (Fsp3) is 0.412. The topological polar surface area (TPSA) is 84.4 Å². The van der Waals surface area contributed by atoms with Crippen molar-refractivity contribution in [2.45, 2.75) is 32.2 Å².